The number of anilines is 2. The molecule has 1 saturated heterocycles. The van der Waals surface area contributed by atoms with E-state index in [1.807, 2.05) is 6.92 Å². The molecule has 0 amide bonds. The quantitative estimate of drug-likeness (QED) is 0.887. The highest BCUT2D eigenvalue weighted by atomic mass is 16.3. The van der Waals surface area contributed by atoms with E-state index in [1.54, 1.807) is 0 Å². The number of nitrogens with two attached hydrogens (primary N) is 1. The Kier molecular flexibility index (Phi) is 4.81. The molecule has 1 unspecified atom stereocenters. The number of nitrogens with zero attached hydrogens (tertiary/aromatic N) is 3. The second kappa shape index (κ2) is 6.39. The summed E-state index contributed by atoms with van der Waals surface area (Å²) < 4.78 is 0. The number of nitrogen functional groups attached to an aromatic ring is 1. The van der Waals surface area contributed by atoms with Crippen LogP contribution in [0.3, 0.4) is 0 Å². The van der Waals surface area contributed by atoms with Crippen molar-refractivity contribution in [1.82, 2.24) is 9.97 Å². The van der Waals surface area contributed by atoms with Crippen LogP contribution in [0.4, 0.5) is 11.6 Å². The topological polar surface area (TPSA) is 75.3 Å². The molecule has 2 heterocycles. The molecule has 1 aliphatic heterocycles. The molecule has 0 aliphatic carbocycles. The summed E-state index contributed by atoms with van der Waals surface area (Å²) in [6, 6.07) is 0.144. The first-order chi connectivity index (χ1) is 9.54. The molecule has 0 radical (unpaired) electrons. The lowest BCUT2D eigenvalue weighted by Crippen LogP contribution is -2.39. The third-order valence-electron chi connectivity index (χ3n) is 4.05. The lowest BCUT2D eigenvalue weighted by atomic mass is 10.1. The minimum Gasteiger partial charge on any atom is -0.394 e. The molecular formula is C15H26N4O. The third-order valence-corrected chi connectivity index (χ3v) is 4.05. The number of hydrogen-bond donors (Lipinski definition) is 2. The zero-order valence-electron chi connectivity index (χ0n) is 12.8. The summed E-state index contributed by atoms with van der Waals surface area (Å²) in [6.07, 6.45) is 4.52. The predicted octanol–water partition coefficient (Wildman–Crippen LogP) is 2.23. The summed E-state index contributed by atoms with van der Waals surface area (Å²) in [7, 11) is 0. The summed E-state index contributed by atoms with van der Waals surface area (Å²) in [4.78, 5) is 11.3. The van der Waals surface area contributed by atoms with E-state index < -0.39 is 0 Å². The maximum Gasteiger partial charge on any atom is 0.137 e. The number of aromatic nitrogens is 2. The standard InChI is InChI=1S/C15H26N4O/c1-10(2)14-17-13(16)11(3)15(18-14)19-8-6-4-5-7-12(19)9-20/h10,12,20H,4-9H2,1-3H3,(H2,16,17,18). The molecule has 1 aromatic rings. The van der Waals surface area contributed by atoms with Gasteiger partial charge in [-0.1, -0.05) is 26.7 Å². The Morgan fingerprint density at radius 3 is 2.70 bits per heavy atom. The minimum absolute atomic E-state index is 0.144. The maximum atomic E-state index is 9.67. The zero-order chi connectivity index (χ0) is 14.7. The van der Waals surface area contributed by atoms with Crippen LogP contribution in [-0.2, 0) is 0 Å². The van der Waals surface area contributed by atoms with Gasteiger partial charge in [0.05, 0.1) is 12.6 Å². The molecule has 0 bridgehead atoms. The number of aliphatic hydroxyl groups is 1. The Morgan fingerprint density at radius 2 is 2.05 bits per heavy atom. The molecule has 5 nitrogen and oxygen atoms in total. The first-order valence-corrected chi connectivity index (χ1v) is 7.56. The van der Waals surface area contributed by atoms with Crippen molar-refractivity contribution >= 4 is 11.6 Å². The van der Waals surface area contributed by atoms with Crippen LogP contribution in [0.25, 0.3) is 0 Å². The van der Waals surface area contributed by atoms with Crippen molar-refractivity contribution < 1.29 is 5.11 Å². The van der Waals surface area contributed by atoms with E-state index in [2.05, 4.69) is 23.7 Å². The van der Waals surface area contributed by atoms with Gasteiger partial charge in [-0.25, -0.2) is 9.97 Å². The molecule has 3 N–H and O–H groups in total. The average molecular weight is 278 g/mol. The third kappa shape index (κ3) is 3.03. The molecule has 0 saturated carbocycles. The largest absolute Gasteiger partial charge is 0.394 e. The molecule has 2 rings (SSSR count). The molecule has 1 aromatic heterocycles. The van der Waals surface area contributed by atoms with Gasteiger partial charge < -0.3 is 15.7 Å². The van der Waals surface area contributed by atoms with E-state index in [9.17, 15) is 5.11 Å². The molecule has 20 heavy (non-hydrogen) atoms. The van der Waals surface area contributed by atoms with Crippen LogP contribution in [0.2, 0.25) is 0 Å². The molecule has 0 aromatic carbocycles. The van der Waals surface area contributed by atoms with Crippen LogP contribution in [0, 0.1) is 6.92 Å². The van der Waals surface area contributed by atoms with Crippen LogP contribution in [0.15, 0.2) is 0 Å². The zero-order valence-corrected chi connectivity index (χ0v) is 12.8. The van der Waals surface area contributed by atoms with E-state index in [1.165, 1.54) is 12.8 Å². The lowest BCUT2D eigenvalue weighted by Gasteiger charge is -2.31. The van der Waals surface area contributed by atoms with Crippen LogP contribution < -0.4 is 10.6 Å². The Hall–Kier alpha value is -1.36. The van der Waals surface area contributed by atoms with Crippen LogP contribution in [0.5, 0.6) is 0 Å². The Bertz CT molecular complexity index is 461. The second-order valence-electron chi connectivity index (χ2n) is 5.95. The van der Waals surface area contributed by atoms with Crippen molar-refractivity contribution in [3.8, 4) is 0 Å². The fraction of sp³-hybridized carbons (Fsp3) is 0.733. The van der Waals surface area contributed by atoms with Crippen molar-refractivity contribution in [1.29, 1.82) is 0 Å². The number of hydrogen-bond acceptors (Lipinski definition) is 5. The van der Waals surface area contributed by atoms with Gasteiger partial charge in [0.2, 0.25) is 0 Å². The molecule has 1 aliphatic rings. The maximum absolute atomic E-state index is 9.67. The minimum atomic E-state index is 0.144. The summed E-state index contributed by atoms with van der Waals surface area (Å²) in [5, 5.41) is 9.67. The highest BCUT2D eigenvalue weighted by molar-refractivity contribution is 5.57. The van der Waals surface area contributed by atoms with Crippen molar-refractivity contribution in [3.05, 3.63) is 11.4 Å². The van der Waals surface area contributed by atoms with Crippen molar-refractivity contribution in [2.24, 2.45) is 0 Å². The van der Waals surface area contributed by atoms with Gasteiger partial charge in [-0.2, -0.15) is 0 Å². The monoisotopic (exact) mass is 278 g/mol. The summed E-state index contributed by atoms with van der Waals surface area (Å²) in [5.41, 5.74) is 6.98. The van der Waals surface area contributed by atoms with Gasteiger partial charge in [-0.3, -0.25) is 0 Å². The van der Waals surface area contributed by atoms with E-state index in [0.717, 1.165) is 36.6 Å². The van der Waals surface area contributed by atoms with Crippen molar-refractivity contribution in [2.75, 3.05) is 23.8 Å². The Labute approximate surface area is 121 Å². The summed E-state index contributed by atoms with van der Waals surface area (Å²) in [5.74, 6) is 2.49. The molecular weight excluding hydrogens is 252 g/mol. The summed E-state index contributed by atoms with van der Waals surface area (Å²) >= 11 is 0. The van der Waals surface area contributed by atoms with Crippen molar-refractivity contribution in [2.45, 2.75) is 58.4 Å². The fourth-order valence-corrected chi connectivity index (χ4v) is 2.72. The van der Waals surface area contributed by atoms with Gasteiger partial charge in [-0.15, -0.1) is 0 Å². The number of aliphatic hydroxyl groups excluding tert-OH is 1. The van der Waals surface area contributed by atoms with Gasteiger partial charge in [0.1, 0.15) is 17.5 Å². The predicted molar refractivity (Wildman–Crippen MR) is 82.0 cm³/mol. The van der Waals surface area contributed by atoms with Gasteiger partial charge in [0.25, 0.3) is 0 Å². The highest BCUT2D eigenvalue weighted by Gasteiger charge is 2.24. The smallest absolute Gasteiger partial charge is 0.137 e. The van der Waals surface area contributed by atoms with Crippen LogP contribution in [-0.4, -0.2) is 34.3 Å². The van der Waals surface area contributed by atoms with Gasteiger partial charge >= 0.3 is 0 Å². The van der Waals surface area contributed by atoms with Gasteiger partial charge in [-0.05, 0) is 19.8 Å². The second-order valence-corrected chi connectivity index (χ2v) is 5.95. The first-order valence-electron chi connectivity index (χ1n) is 7.56. The van der Waals surface area contributed by atoms with E-state index >= 15 is 0 Å². The molecule has 5 heteroatoms. The highest BCUT2D eigenvalue weighted by Crippen LogP contribution is 2.29. The first kappa shape index (κ1) is 15.0. The van der Waals surface area contributed by atoms with Crippen LogP contribution in [0.1, 0.15) is 56.8 Å². The van der Waals surface area contributed by atoms with Gasteiger partial charge in [0.15, 0.2) is 0 Å². The Morgan fingerprint density at radius 1 is 1.30 bits per heavy atom. The molecule has 1 atom stereocenters. The average Bonchev–Trinajstić information content (AvgIpc) is 2.66. The molecule has 0 spiro atoms. The number of rotatable bonds is 3. The lowest BCUT2D eigenvalue weighted by molar-refractivity contribution is 0.254. The van der Waals surface area contributed by atoms with E-state index in [-0.39, 0.29) is 18.6 Å². The summed E-state index contributed by atoms with van der Waals surface area (Å²) in [6.45, 7) is 7.20. The Balaban J connectivity index is 2.42. The van der Waals surface area contributed by atoms with Gasteiger partial charge in [0, 0.05) is 18.0 Å². The normalized spacial score (nSPS) is 20.2. The van der Waals surface area contributed by atoms with Crippen molar-refractivity contribution in [3.63, 3.8) is 0 Å². The fourth-order valence-electron chi connectivity index (χ4n) is 2.72. The molecule has 112 valence electrons. The molecule has 1 fully saturated rings. The SMILES string of the molecule is Cc1c(N)nc(C(C)C)nc1N1CCCCCC1CO. The van der Waals surface area contributed by atoms with Crippen LogP contribution >= 0.6 is 0 Å². The van der Waals surface area contributed by atoms with E-state index in [0.29, 0.717) is 5.82 Å². The van der Waals surface area contributed by atoms with E-state index in [4.69, 9.17) is 10.7 Å².